The van der Waals surface area contributed by atoms with Crippen molar-refractivity contribution in [3.05, 3.63) is 78.6 Å². The Kier molecular flexibility index (Phi) is 48.4. The molecule has 1 N–H and O–H groups in total. The summed E-state index contributed by atoms with van der Waals surface area (Å²) < 4.78 is 0. The standard InChI is InChI=1S/C12H23N.C9H13N.C8H18.C4H8.C3H8.C2H6.C2H4/c1-7-12(8-2)10(4)11(5)13(6)9-3;1-7-4-5-9(10-3)8(2)6-7;1-5-6-7-8(2,3)4;1-3-4-2;1-3-2;2*1-2/h5,7-9H2,1-4,6H3;4-6,10H,1-3H3;5-7H2,1-4H3;3H,1,4H2,2H3;3H2,1-2H3;1-2H3;1-2H2. The lowest BCUT2D eigenvalue weighted by Crippen LogP contribution is -2.17. The highest BCUT2D eigenvalue weighted by atomic mass is 15.1. The van der Waals surface area contributed by atoms with Gasteiger partial charge in [0.25, 0.3) is 0 Å². The maximum atomic E-state index is 4.11. The van der Waals surface area contributed by atoms with E-state index in [4.69, 9.17) is 0 Å². The molecule has 1 aromatic rings. The lowest BCUT2D eigenvalue weighted by atomic mass is 9.90. The van der Waals surface area contributed by atoms with Crippen molar-refractivity contribution < 1.29 is 0 Å². The van der Waals surface area contributed by atoms with Gasteiger partial charge in [-0.25, -0.2) is 0 Å². The highest BCUT2D eigenvalue weighted by molar-refractivity contribution is 5.51. The number of nitrogens with one attached hydrogen (secondary N) is 1. The van der Waals surface area contributed by atoms with Crippen LogP contribution in [0.2, 0.25) is 0 Å². The van der Waals surface area contributed by atoms with E-state index < -0.39 is 0 Å². The number of rotatable bonds is 9. The summed E-state index contributed by atoms with van der Waals surface area (Å²) in [5, 5.41) is 3.12. The SMILES string of the molecule is C=C.C=C(C(C)=C(CC)CC)N(C)CC.C=CCC.CC.CCC.CCCCC(C)(C)C.CNc1ccc(C)cc1C. The van der Waals surface area contributed by atoms with E-state index in [0.29, 0.717) is 5.41 Å². The van der Waals surface area contributed by atoms with Crippen LogP contribution >= 0.6 is 0 Å². The molecule has 0 heterocycles. The molecule has 0 aromatic heterocycles. The zero-order chi connectivity index (χ0) is 34.7. The maximum absolute atomic E-state index is 4.11. The Hall–Kier alpha value is -2.22. The molecule has 0 aliphatic carbocycles. The summed E-state index contributed by atoms with van der Waals surface area (Å²) in [7, 11) is 4.03. The van der Waals surface area contributed by atoms with Crippen LogP contribution in [-0.4, -0.2) is 25.5 Å². The molecule has 0 radical (unpaired) electrons. The minimum Gasteiger partial charge on any atom is -0.388 e. The van der Waals surface area contributed by atoms with Crippen molar-refractivity contribution in [2.45, 2.75) is 149 Å². The Morgan fingerprint density at radius 2 is 1.36 bits per heavy atom. The third kappa shape index (κ3) is 37.8. The Bertz CT molecular complexity index is 728. The van der Waals surface area contributed by atoms with Crippen molar-refractivity contribution in [1.82, 2.24) is 4.90 Å². The van der Waals surface area contributed by atoms with Crippen molar-refractivity contribution in [1.29, 1.82) is 0 Å². The molecule has 0 saturated heterocycles. The van der Waals surface area contributed by atoms with Crippen molar-refractivity contribution >= 4 is 5.69 Å². The maximum Gasteiger partial charge on any atom is 0.0367 e. The third-order valence-electron chi connectivity index (χ3n) is 5.97. The van der Waals surface area contributed by atoms with Gasteiger partial charge in [-0.15, -0.1) is 19.7 Å². The molecule has 250 valence electrons. The van der Waals surface area contributed by atoms with Crippen molar-refractivity contribution in [2.75, 3.05) is 26.0 Å². The third-order valence-corrected chi connectivity index (χ3v) is 5.97. The molecule has 0 aliphatic heterocycles. The summed E-state index contributed by atoms with van der Waals surface area (Å²) in [4.78, 5) is 2.20. The monoisotopic (exact) mass is 589 g/mol. The predicted molar refractivity (Wildman–Crippen MR) is 204 cm³/mol. The van der Waals surface area contributed by atoms with Crippen LogP contribution < -0.4 is 5.32 Å². The molecule has 0 fully saturated rings. The number of hydrogen-bond donors (Lipinski definition) is 1. The topological polar surface area (TPSA) is 15.3 Å². The molecule has 0 aliphatic rings. The van der Waals surface area contributed by atoms with Gasteiger partial charge in [-0.05, 0) is 76.0 Å². The summed E-state index contributed by atoms with van der Waals surface area (Å²) >= 11 is 0. The Morgan fingerprint density at radius 3 is 1.60 bits per heavy atom. The minimum absolute atomic E-state index is 0.552. The zero-order valence-electron chi connectivity index (χ0n) is 32.2. The van der Waals surface area contributed by atoms with Crippen LogP contribution in [0.3, 0.4) is 0 Å². The number of likely N-dealkylation sites (N-methyl/N-ethyl adjacent to an activating group) is 1. The fourth-order valence-electron chi connectivity index (χ4n) is 3.26. The first-order valence-electron chi connectivity index (χ1n) is 16.7. The Balaban J connectivity index is -0.000000100. The summed E-state index contributed by atoms with van der Waals surface area (Å²) in [5.41, 5.74) is 8.45. The van der Waals surface area contributed by atoms with Crippen LogP contribution in [0.5, 0.6) is 0 Å². The average Bonchev–Trinajstić information content (AvgIpc) is 2.98. The molecule has 1 rings (SSSR count). The molecule has 0 saturated carbocycles. The predicted octanol–water partition coefficient (Wildman–Crippen LogP) is 14.0. The molecule has 0 spiro atoms. The van der Waals surface area contributed by atoms with Crippen LogP contribution in [0.4, 0.5) is 5.69 Å². The van der Waals surface area contributed by atoms with E-state index in [0.717, 1.165) is 25.8 Å². The zero-order valence-corrected chi connectivity index (χ0v) is 32.2. The van der Waals surface area contributed by atoms with Gasteiger partial charge >= 0.3 is 0 Å². The minimum atomic E-state index is 0.552. The number of nitrogens with zero attached hydrogens (tertiary/aromatic N) is 1. The molecule has 2 nitrogen and oxygen atoms in total. The van der Waals surface area contributed by atoms with Gasteiger partial charge in [0, 0.05) is 32.0 Å². The van der Waals surface area contributed by atoms with Crippen molar-refractivity contribution in [2.24, 2.45) is 5.41 Å². The summed E-state index contributed by atoms with van der Waals surface area (Å²) in [6, 6.07) is 6.38. The van der Waals surface area contributed by atoms with Gasteiger partial charge in [0.05, 0.1) is 0 Å². The van der Waals surface area contributed by atoms with E-state index in [1.165, 1.54) is 59.3 Å². The van der Waals surface area contributed by atoms with Gasteiger partial charge in [0.2, 0.25) is 0 Å². The molecule has 1 aromatic carbocycles. The van der Waals surface area contributed by atoms with Crippen LogP contribution in [0, 0.1) is 19.3 Å². The Morgan fingerprint density at radius 1 is 0.929 bits per heavy atom. The summed E-state index contributed by atoms with van der Waals surface area (Å²) in [6.45, 7) is 47.0. The smallest absolute Gasteiger partial charge is 0.0367 e. The number of hydrogen-bond acceptors (Lipinski definition) is 2. The number of benzene rings is 1. The first kappa shape index (κ1) is 52.4. The average molecular weight is 589 g/mol. The summed E-state index contributed by atoms with van der Waals surface area (Å²) in [6.07, 6.45) is 10.6. The van der Waals surface area contributed by atoms with Crippen LogP contribution in [0.15, 0.2) is 67.4 Å². The second kappa shape index (κ2) is 38.8. The number of aryl methyl sites for hydroxylation is 2. The molecular weight excluding hydrogens is 508 g/mol. The van der Waals surface area contributed by atoms with Gasteiger partial charge in [-0.1, -0.05) is 131 Å². The molecule has 42 heavy (non-hydrogen) atoms. The van der Waals surface area contributed by atoms with Crippen LogP contribution in [0.25, 0.3) is 0 Å². The lowest BCUT2D eigenvalue weighted by Gasteiger charge is -2.22. The molecule has 0 unspecified atom stereocenters. The van der Waals surface area contributed by atoms with Gasteiger partial charge in [-0.3, -0.25) is 0 Å². The number of unbranched alkanes of at least 4 members (excludes halogenated alkanes) is 1. The van der Waals surface area contributed by atoms with Crippen molar-refractivity contribution in [3.63, 3.8) is 0 Å². The fourth-order valence-corrected chi connectivity index (χ4v) is 3.26. The number of anilines is 1. The van der Waals surface area contributed by atoms with Crippen molar-refractivity contribution in [3.8, 4) is 0 Å². The first-order valence-corrected chi connectivity index (χ1v) is 16.7. The van der Waals surface area contributed by atoms with Gasteiger partial charge in [0.1, 0.15) is 0 Å². The second-order valence-corrected chi connectivity index (χ2v) is 11.0. The molecular formula is C40H80N2. The summed E-state index contributed by atoms with van der Waals surface area (Å²) in [5.74, 6) is 0. The van der Waals surface area contributed by atoms with Crippen LogP contribution in [-0.2, 0) is 0 Å². The van der Waals surface area contributed by atoms with E-state index in [9.17, 15) is 0 Å². The normalized spacial score (nSPS) is 8.79. The highest BCUT2D eigenvalue weighted by Crippen LogP contribution is 2.21. The van der Waals surface area contributed by atoms with E-state index in [1.807, 2.05) is 27.0 Å². The molecule has 0 atom stereocenters. The van der Waals surface area contributed by atoms with E-state index >= 15 is 0 Å². The van der Waals surface area contributed by atoms with Crippen LogP contribution in [0.1, 0.15) is 146 Å². The van der Waals surface area contributed by atoms with Gasteiger partial charge in [0.15, 0.2) is 0 Å². The highest BCUT2D eigenvalue weighted by Gasteiger charge is 2.07. The molecule has 2 heteroatoms. The van der Waals surface area contributed by atoms with Gasteiger partial charge < -0.3 is 10.2 Å². The lowest BCUT2D eigenvalue weighted by molar-refractivity contribution is 0.363. The first-order chi connectivity index (χ1) is 19.7. The quantitative estimate of drug-likeness (QED) is 0.228. The largest absolute Gasteiger partial charge is 0.388 e. The fraction of sp³-hybridized carbons (Fsp3) is 0.650. The van der Waals surface area contributed by atoms with E-state index in [2.05, 4.69) is 152 Å². The number of allylic oxidation sites excluding steroid dienone is 3. The second-order valence-electron chi connectivity index (χ2n) is 11.0. The van der Waals surface area contributed by atoms with Gasteiger partial charge in [-0.2, -0.15) is 0 Å². The van der Waals surface area contributed by atoms with E-state index in [-0.39, 0.29) is 0 Å². The molecule has 0 bridgehead atoms. The Labute approximate surface area is 268 Å². The van der Waals surface area contributed by atoms with E-state index in [1.54, 1.807) is 0 Å². The molecule has 0 amide bonds.